The minimum atomic E-state index is -0.284. The van der Waals surface area contributed by atoms with Gasteiger partial charge < -0.3 is 15.2 Å². The predicted octanol–water partition coefficient (Wildman–Crippen LogP) is 3.20. The van der Waals surface area contributed by atoms with Crippen LogP contribution in [0.25, 0.3) is 0 Å². The second kappa shape index (κ2) is 6.16. The van der Waals surface area contributed by atoms with Crippen molar-refractivity contribution in [3.63, 3.8) is 0 Å². The molecule has 0 heterocycles. The topological polar surface area (TPSA) is 61.5 Å². The fourth-order valence-electron chi connectivity index (χ4n) is 4.53. The van der Waals surface area contributed by atoms with Gasteiger partial charge in [-0.15, -0.1) is 0 Å². The van der Waals surface area contributed by atoms with Gasteiger partial charge in [0, 0.05) is 11.5 Å². The molecule has 126 valence electrons. The van der Waals surface area contributed by atoms with Crippen molar-refractivity contribution in [3.8, 4) is 5.75 Å². The van der Waals surface area contributed by atoms with Crippen LogP contribution in [-0.2, 0) is 16.6 Å². The average Bonchev–Trinajstić information content (AvgIpc) is 2.57. The summed E-state index contributed by atoms with van der Waals surface area (Å²) in [5, 5.41) is 0. The maximum atomic E-state index is 12.3. The summed E-state index contributed by atoms with van der Waals surface area (Å²) in [5.74, 6) is 0.858. The largest absolute Gasteiger partial charge is 0.497 e. The second-order valence-electron chi connectivity index (χ2n) is 7.20. The van der Waals surface area contributed by atoms with Gasteiger partial charge in [0.1, 0.15) is 5.75 Å². The minimum Gasteiger partial charge on any atom is -0.497 e. The lowest BCUT2D eigenvalue weighted by Gasteiger charge is -2.47. The van der Waals surface area contributed by atoms with Crippen molar-refractivity contribution >= 4 is 5.97 Å². The smallest absolute Gasteiger partial charge is 0.338 e. The first-order chi connectivity index (χ1) is 11.0. The molecule has 23 heavy (non-hydrogen) atoms. The highest BCUT2D eigenvalue weighted by Gasteiger charge is 2.45. The second-order valence-corrected chi connectivity index (χ2v) is 7.20. The lowest BCUT2D eigenvalue weighted by Crippen LogP contribution is -2.53. The normalized spacial score (nSPS) is 29.9. The Balaban J connectivity index is 2.21. The number of ether oxygens (including phenoxy) is 2. The van der Waals surface area contributed by atoms with Gasteiger partial charge in [0.2, 0.25) is 0 Å². The van der Waals surface area contributed by atoms with Gasteiger partial charge in [0.15, 0.2) is 0 Å². The fraction of sp³-hybridized carbons (Fsp3) is 0.632. The lowest BCUT2D eigenvalue weighted by molar-refractivity contribution is 0.0597. The van der Waals surface area contributed by atoms with E-state index in [1.165, 1.54) is 31.9 Å². The van der Waals surface area contributed by atoms with E-state index >= 15 is 0 Å². The number of hydrogen-bond donors (Lipinski definition) is 1. The molecule has 1 aromatic rings. The van der Waals surface area contributed by atoms with E-state index < -0.39 is 0 Å². The number of benzene rings is 1. The van der Waals surface area contributed by atoms with Gasteiger partial charge >= 0.3 is 5.97 Å². The number of carbonyl (C=O) groups excluding carboxylic acids is 1. The standard InChI is InChI=1S/C19H27NO3/c1-19-8-6-4-5-7-12(17(19)20)9-14-15(18(21)23-3)10-13(22-2)11-16(14)19/h10-12,17H,4-9,20H2,1-3H3. The summed E-state index contributed by atoms with van der Waals surface area (Å²) >= 11 is 0. The van der Waals surface area contributed by atoms with Crippen LogP contribution in [0.1, 0.15) is 60.5 Å². The van der Waals surface area contributed by atoms with E-state index in [2.05, 4.69) is 13.0 Å². The zero-order chi connectivity index (χ0) is 16.6. The van der Waals surface area contributed by atoms with Crippen molar-refractivity contribution in [2.45, 2.75) is 56.9 Å². The molecule has 2 N–H and O–H groups in total. The van der Waals surface area contributed by atoms with Gasteiger partial charge in [-0.05, 0) is 48.4 Å². The van der Waals surface area contributed by atoms with Crippen LogP contribution in [-0.4, -0.2) is 26.2 Å². The minimum absolute atomic E-state index is 0.101. The lowest BCUT2D eigenvalue weighted by atomic mass is 9.59. The van der Waals surface area contributed by atoms with Crippen molar-refractivity contribution in [2.24, 2.45) is 11.7 Å². The Morgan fingerprint density at radius 1 is 1.26 bits per heavy atom. The van der Waals surface area contributed by atoms with Gasteiger partial charge in [0.05, 0.1) is 19.8 Å². The van der Waals surface area contributed by atoms with Crippen LogP contribution in [0, 0.1) is 5.92 Å². The van der Waals surface area contributed by atoms with E-state index in [1.54, 1.807) is 7.11 Å². The molecule has 0 saturated heterocycles. The molecule has 2 aliphatic rings. The summed E-state index contributed by atoms with van der Waals surface area (Å²) in [7, 11) is 3.07. The molecule has 3 rings (SSSR count). The Morgan fingerprint density at radius 2 is 2.04 bits per heavy atom. The Kier molecular flexibility index (Phi) is 4.37. The third-order valence-electron chi connectivity index (χ3n) is 5.96. The molecular formula is C19H27NO3. The first kappa shape index (κ1) is 16.3. The third-order valence-corrected chi connectivity index (χ3v) is 5.96. The molecule has 3 atom stereocenters. The molecule has 0 spiro atoms. The summed E-state index contributed by atoms with van der Waals surface area (Å²) in [5.41, 5.74) is 9.54. The van der Waals surface area contributed by atoms with Gasteiger partial charge in [0.25, 0.3) is 0 Å². The van der Waals surface area contributed by atoms with E-state index in [4.69, 9.17) is 15.2 Å². The van der Waals surface area contributed by atoms with Gasteiger partial charge in [-0.2, -0.15) is 0 Å². The summed E-state index contributed by atoms with van der Waals surface area (Å²) in [6.07, 6.45) is 6.74. The Morgan fingerprint density at radius 3 is 2.74 bits per heavy atom. The maximum Gasteiger partial charge on any atom is 0.338 e. The van der Waals surface area contributed by atoms with Crippen LogP contribution in [0.15, 0.2) is 12.1 Å². The molecule has 0 amide bonds. The molecule has 1 aromatic carbocycles. The quantitative estimate of drug-likeness (QED) is 0.851. The van der Waals surface area contributed by atoms with Crippen LogP contribution >= 0.6 is 0 Å². The monoisotopic (exact) mass is 317 g/mol. The van der Waals surface area contributed by atoms with Crippen LogP contribution in [0.4, 0.5) is 0 Å². The highest BCUT2D eigenvalue weighted by molar-refractivity contribution is 5.92. The van der Waals surface area contributed by atoms with E-state index in [1.807, 2.05) is 6.07 Å². The number of carbonyl (C=O) groups is 1. The first-order valence-electron chi connectivity index (χ1n) is 8.56. The SMILES string of the molecule is COC(=O)c1cc(OC)cc2c1CC1CCCCCC2(C)C1N. The molecular weight excluding hydrogens is 290 g/mol. The molecule has 3 unspecified atom stereocenters. The maximum absolute atomic E-state index is 12.3. The van der Waals surface area contributed by atoms with Crippen molar-refractivity contribution < 1.29 is 14.3 Å². The Bertz CT molecular complexity index is 613. The molecule has 0 aromatic heterocycles. The third kappa shape index (κ3) is 2.63. The van der Waals surface area contributed by atoms with Crippen LogP contribution in [0.3, 0.4) is 0 Å². The Hall–Kier alpha value is -1.55. The number of fused-ring (bicyclic) bond motifs is 4. The molecule has 4 heteroatoms. The first-order valence-corrected chi connectivity index (χ1v) is 8.56. The summed E-state index contributed by atoms with van der Waals surface area (Å²) in [6, 6.07) is 4.03. The van der Waals surface area contributed by atoms with Crippen molar-refractivity contribution in [1.82, 2.24) is 0 Å². The molecule has 4 nitrogen and oxygen atoms in total. The number of nitrogens with two attached hydrogens (primary N) is 1. The summed E-state index contributed by atoms with van der Waals surface area (Å²) in [6.45, 7) is 2.26. The van der Waals surface area contributed by atoms with Gasteiger partial charge in [-0.1, -0.05) is 26.2 Å². The predicted molar refractivity (Wildman–Crippen MR) is 89.9 cm³/mol. The van der Waals surface area contributed by atoms with Crippen molar-refractivity contribution in [3.05, 3.63) is 28.8 Å². The molecule has 0 aliphatic heterocycles. The molecule has 0 radical (unpaired) electrons. The van der Waals surface area contributed by atoms with Crippen molar-refractivity contribution in [2.75, 3.05) is 14.2 Å². The van der Waals surface area contributed by atoms with E-state index in [-0.39, 0.29) is 17.4 Å². The van der Waals surface area contributed by atoms with Crippen molar-refractivity contribution in [1.29, 1.82) is 0 Å². The van der Waals surface area contributed by atoms with E-state index in [0.29, 0.717) is 17.2 Å². The Labute approximate surface area is 138 Å². The van der Waals surface area contributed by atoms with Crippen LogP contribution in [0.5, 0.6) is 5.75 Å². The highest BCUT2D eigenvalue weighted by atomic mass is 16.5. The van der Waals surface area contributed by atoms with Gasteiger partial charge in [-0.3, -0.25) is 0 Å². The van der Waals surface area contributed by atoms with Gasteiger partial charge in [-0.25, -0.2) is 4.79 Å². The number of rotatable bonds is 2. The number of esters is 1. The number of hydrogen-bond acceptors (Lipinski definition) is 4. The molecule has 1 saturated carbocycles. The molecule has 2 bridgehead atoms. The summed E-state index contributed by atoms with van der Waals surface area (Å²) < 4.78 is 10.5. The fourth-order valence-corrected chi connectivity index (χ4v) is 4.53. The van der Waals surface area contributed by atoms with E-state index in [0.717, 1.165) is 24.8 Å². The zero-order valence-corrected chi connectivity index (χ0v) is 14.4. The number of methoxy groups -OCH3 is 2. The van der Waals surface area contributed by atoms with Crippen LogP contribution in [0.2, 0.25) is 0 Å². The summed E-state index contributed by atoms with van der Waals surface area (Å²) in [4.78, 5) is 12.3. The zero-order valence-electron chi connectivity index (χ0n) is 14.4. The van der Waals surface area contributed by atoms with E-state index in [9.17, 15) is 4.79 Å². The highest BCUT2D eigenvalue weighted by Crippen LogP contribution is 2.47. The van der Waals surface area contributed by atoms with Crippen LogP contribution < -0.4 is 10.5 Å². The molecule has 1 fully saturated rings. The average molecular weight is 317 g/mol. The molecule has 2 aliphatic carbocycles.